The summed E-state index contributed by atoms with van der Waals surface area (Å²) in [5.74, 6) is -0.328. The SMILES string of the molecule is CCCOc1ccc([C@@H]2C(=C(O)c3ccc(C)cc3)C(=O)C(=O)N2Cc2ccco2)cc1. The molecular weight excluding hydrogens is 406 g/mol. The van der Waals surface area contributed by atoms with Gasteiger partial charge in [-0.1, -0.05) is 48.9 Å². The van der Waals surface area contributed by atoms with Crippen molar-refractivity contribution in [1.29, 1.82) is 0 Å². The molecular formula is C26H25NO5. The minimum atomic E-state index is -0.748. The van der Waals surface area contributed by atoms with Crippen LogP contribution in [-0.4, -0.2) is 28.3 Å². The predicted molar refractivity (Wildman–Crippen MR) is 120 cm³/mol. The Morgan fingerprint density at radius 3 is 2.41 bits per heavy atom. The molecule has 1 aromatic heterocycles. The van der Waals surface area contributed by atoms with Crippen molar-refractivity contribution in [3.05, 3.63) is 95.0 Å². The number of ether oxygens (including phenoxy) is 1. The summed E-state index contributed by atoms with van der Waals surface area (Å²) in [6, 6.07) is 17.2. The first kappa shape index (κ1) is 21.4. The Balaban J connectivity index is 1.79. The van der Waals surface area contributed by atoms with Gasteiger partial charge in [-0.25, -0.2) is 0 Å². The van der Waals surface area contributed by atoms with E-state index in [4.69, 9.17) is 9.15 Å². The van der Waals surface area contributed by atoms with Crippen molar-refractivity contribution in [2.45, 2.75) is 32.9 Å². The van der Waals surface area contributed by atoms with E-state index in [1.807, 2.05) is 50.2 Å². The molecule has 1 aliphatic heterocycles. The lowest BCUT2D eigenvalue weighted by molar-refractivity contribution is -0.140. The molecule has 4 rings (SSSR count). The Labute approximate surface area is 186 Å². The molecule has 32 heavy (non-hydrogen) atoms. The zero-order valence-electron chi connectivity index (χ0n) is 18.1. The molecule has 0 unspecified atom stereocenters. The van der Waals surface area contributed by atoms with Crippen LogP contribution in [0, 0.1) is 6.92 Å². The summed E-state index contributed by atoms with van der Waals surface area (Å²) >= 11 is 0. The molecule has 1 fully saturated rings. The van der Waals surface area contributed by atoms with E-state index in [-0.39, 0.29) is 17.9 Å². The maximum absolute atomic E-state index is 13.1. The molecule has 0 bridgehead atoms. The Bertz CT molecular complexity index is 1130. The fraction of sp³-hybridized carbons (Fsp3) is 0.231. The van der Waals surface area contributed by atoms with Crippen molar-refractivity contribution in [2.24, 2.45) is 0 Å². The molecule has 0 aliphatic carbocycles. The van der Waals surface area contributed by atoms with E-state index in [1.54, 1.807) is 24.3 Å². The topological polar surface area (TPSA) is 80.0 Å². The fourth-order valence-corrected chi connectivity index (χ4v) is 3.79. The van der Waals surface area contributed by atoms with Crippen molar-refractivity contribution in [2.75, 3.05) is 6.61 Å². The molecule has 1 amide bonds. The molecule has 0 radical (unpaired) electrons. The molecule has 1 saturated heterocycles. The number of aryl methyl sites for hydroxylation is 1. The highest BCUT2D eigenvalue weighted by Gasteiger charge is 2.46. The normalized spacial score (nSPS) is 17.7. The van der Waals surface area contributed by atoms with Gasteiger partial charge in [0.1, 0.15) is 17.3 Å². The van der Waals surface area contributed by atoms with Crippen LogP contribution in [0.25, 0.3) is 5.76 Å². The second-order valence-corrected chi connectivity index (χ2v) is 7.79. The van der Waals surface area contributed by atoms with Crippen LogP contribution in [0.15, 0.2) is 76.9 Å². The summed E-state index contributed by atoms with van der Waals surface area (Å²) in [6.45, 7) is 4.68. The number of aliphatic hydroxyl groups is 1. The summed E-state index contributed by atoms with van der Waals surface area (Å²) in [6.07, 6.45) is 2.41. The third-order valence-corrected chi connectivity index (χ3v) is 5.44. The van der Waals surface area contributed by atoms with E-state index in [0.29, 0.717) is 29.2 Å². The lowest BCUT2D eigenvalue weighted by atomic mass is 9.95. The van der Waals surface area contributed by atoms with Gasteiger partial charge in [-0.15, -0.1) is 0 Å². The van der Waals surface area contributed by atoms with Crippen LogP contribution < -0.4 is 4.74 Å². The monoisotopic (exact) mass is 431 g/mol. The number of carbonyl (C=O) groups is 2. The molecule has 2 heterocycles. The van der Waals surface area contributed by atoms with Gasteiger partial charge in [0.05, 0.1) is 31.0 Å². The molecule has 0 spiro atoms. The average Bonchev–Trinajstić information content (AvgIpc) is 3.40. The number of hydrogen-bond acceptors (Lipinski definition) is 5. The van der Waals surface area contributed by atoms with Crippen LogP contribution in [0.1, 0.15) is 41.8 Å². The van der Waals surface area contributed by atoms with Gasteiger partial charge in [0.15, 0.2) is 0 Å². The largest absolute Gasteiger partial charge is 0.507 e. The number of ketones is 1. The van der Waals surface area contributed by atoms with E-state index in [9.17, 15) is 14.7 Å². The number of furan rings is 1. The highest BCUT2D eigenvalue weighted by Crippen LogP contribution is 2.40. The first-order valence-corrected chi connectivity index (χ1v) is 10.6. The molecule has 164 valence electrons. The van der Waals surface area contributed by atoms with Gasteiger partial charge in [0.25, 0.3) is 11.7 Å². The highest BCUT2D eigenvalue weighted by molar-refractivity contribution is 6.46. The second kappa shape index (κ2) is 9.14. The standard InChI is InChI=1S/C26H25NO5/c1-3-14-31-20-12-10-18(11-13-20)23-22(24(28)19-8-6-17(2)7-9-19)25(29)26(30)27(23)16-21-5-4-15-32-21/h4-13,15,23,28H,3,14,16H2,1-2H3/t23-/m1/s1. The van der Waals surface area contributed by atoms with Crippen LogP contribution in [0.5, 0.6) is 5.75 Å². The lowest BCUT2D eigenvalue weighted by Crippen LogP contribution is -2.29. The molecule has 0 saturated carbocycles. The Hall–Kier alpha value is -3.80. The number of amides is 1. The van der Waals surface area contributed by atoms with E-state index in [2.05, 4.69) is 0 Å². The van der Waals surface area contributed by atoms with Gasteiger partial charge >= 0.3 is 0 Å². The van der Waals surface area contributed by atoms with Crippen LogP contribution in [0.4, 0.5) is 0 Å². The molecule has 1 N–H and O–H groups in total. The Morgan fingerprint density at radius 1 is 1.06 bits per heavy atom. The van der Waals surface area contributed by atoms with E-state index in [0.717, 1.165) is 12.0 Å². The van der Waals surface area contributed by atoms with E-state index < -0.39 is 17.7 Å². The van der Waals surface area contributed by atoms with Crippen molar-refractivity contribution in [3.8, 4) is 5.75 Å². The maximum atomic E-state index is 13.1. The number of hydrogen-bond donors (Lipinski definition) is 1. The molecule has 6 heteroatoms. The molecule has 6 nitrogen and oxygen atoms in total. The maximum Gasteiger partial charge on any atom is 0.296 e. The van der Waals surface area contributed by atoms with Gasteiger partial charge in [0, 0.05) is 5.56 Å². The molecule has 2 aromatic carbocycles. The number of carbonyl (C=O) groups excluding carboxylic acids is 2. The summed E-state index contributed by atoms with van der Waals surface area (Å²) in [4.78, 5) is 27.5. The van der Waals surface area contributed by atoms with Crippen molar-refractivity contribution < 1.29 is 23.8 Å². The number of rotatable bonds is 7. The molecule has 1 aliphatic rings. The van der Waals surface area contributed by atoms with Gasteiger partial charge in [-0.2, -0.15) is 0 Å². The molecule has 1 atom stereocenters. The van der Waals surface area contributed by atoms with Crippen LogP contribution in [0.2, 0.25) is 0 Å². The third-order valence-electron chi connectivity index (χ3n) is 5.44. The first-order chi connectivity index (χ1) is 15.5. The number of likely N-dealkylation sites (tertiary alicyclic amines) is 1. The van der Waals surface area contributed by atoms with Crippen molar-refractivity contribution in [1.82, 2.24) is 4.90 Å². The van der Waals surface area contributed by atoms with Crippen molar-refractivity contribution >= 4 is 17.4 Å². The average molecular weight is 431 g/mol. The fourth-order valence-electron chi connectivity index (χ4n) is 3.79. The summed E-state index contributed by atoms with van der Waals surface area (Å²) in [5.41, 5.74) is 2.28. The van der Waals surface area contributed by atoms with Crippen molar-refractivity contribution in [3.63, 3.8) is 0 Å². The van der Waals surface area contributed by atoms with E-state index in [1.165, 1.54) is 11.2 Å². The van der Waals surface area contributed by atoms with E-state index >= 15 is 0 Å². The summed E-state index contributed by atoms with van der Waals surface area (Å²) in [5, 5.41) is 11.1. The molecule has 3 aromatic rings. The number of nitrogens with zero attached hydrogens (tertiary/aromatic N) is 1. The number of Topliss-reactive ketones (excluding diaryl/α,β-unsaturated/α-hetero) is 1. The number of benzene rings is 2. The lowest BCUT2D eigenvalue weighted by Gasteiger charge is -2.24. The summed E-state index contributed by atoms with van der Waals surface area (Å²) < 4.78 is 11.1. The Kier molecular flexibility index (Phi) is 6.12. The van der Waals surface area contributed by atoms with Gasteiger partial charge in [0.2, 0.25) is 0 Å². The Morgan fingerprint density at radius 2 is 1.78 bits per heavy atom. The van der Waals surface area contributed by atoms with Gasteiger partial charge < -0.3 is 19.2 Å². The second-order valence-electron chi connectivity index (χ2n) is 7.79. The smallest absolute Gasteiger partial charge is 0.296 e. The first-order valence-electron chi connectivity index (χ1n) is 10.6. The minimum Gasteiger partial charge on any atom is -0.507 e. The minimum absolute atomic E-state index is 0.0626. The van der Waals surface area contributed by atoms with Crippen LogP contribution in [0.3, 0.4) is 0 Å². The van der Waals surface area contributed by atoms with Crippen LogP contribution in [-0.2, 0) is 16.1 Å². The zero-order valence-corrected chi connectivity index (χ0v) is 18.1. The third kappa shape index (κ3) is 4.17. The predicted octanol–water partition coefficient (Wildman–Crippen LogP) is 5.00. The quantitative estimate of drug-likeness (QED) is 0.324. The zero-order chi connectivity index (χ0) is 22.7. The van der Waals surface area contributed by atoms with Gasteiger partial charge in [-0.05, 0) is 43.2 Å². The van der Waals surface area contributed by atoms with Crippen LogP contribution >= 0.6 is 0 Å². The summed E-state index contributed by atoms with van der Waals surface area (Å²) in [7, 11) is 0. The highest BCUT2D eigenvalue weighted by atomic mass is 16.5. The van der Waals surface area contributed by atoms with Gasteiger partial charge in [-0.3, -0.25) is 9.59 Å². The number of aliphatic hydroxyl groups excluding tert-OH is 1.